The van der Waals surface area contributed by atoms with Crippen LogP contribution in [0.4, 0.5) is 4.79 Å². The van der Waals surface area contributed by atoms with Crippen molar-refractivity contribution < 1.29 is 29.6 Å². The minimum Gasteiger partial charge on any atom is -0.480 e. The summed E-state index contributed by atoms with van der Waals surface area (Å²) in [6.07, 6.45) is -1.22. The zero-order chi connectivity index (χ0) is 14.9. The average Bonchev–Trinajstić information content (AvgIpc) is 2.81. The zero-order valence-electron chi connectivity index (χ0n) is 11.3. The van der Waals surface area contributed by atoms with Gasteiger partial charge in [0.15, 0.2) is 0 Å². The molecule has 4 unspecified atom stereocenters. The molecule has 0 bridgehead atoms. The number of carboxylic acids is 1. The number of carboxylic acid groups (broad SMARTS) is 1. The van der Waals surface area contributed by atoms with Crippen molar-refractivity contribution in [3.63, 3.8) is 0 Å². The number of morpholine rings is 1. The minimum atomic E-state index is -1.12. The Balaban J connectivity index is 2.10. The van der Waals surface area contributed by atoms with Gasteiger partial charge in [-0.15, -0.1) is 0 Å². The number of nitrogens with zero attached hydrogens (tertiary/aromatic N) is 2. The van der Waals surface area contributed by atoms with Gasteiger partial charge in [-0.2, -0.15) is 0 Å². The highest BCUT2D eigenvalue weighted by atomic mass is 16.5. The third-order valence-corrected chi connectivity index (χ3v) is 3.76. The number of hydrogen-bond donors (Lipinski definition) is 3. The maximum Gasteiger partial charge on any atom is 0.326 e. The predicted octanol–water partition coefficient (Wildman–Crippen LogP) is -1.29. The summed E-state index contributed by atoms with van der Waals surface area (Å²) in [4.78, 5) is 26.3. The summed E-state index contributed by atoms with van der Waals surface area (Å²) >= 11 is 0. The number of carbonyl (C=O) groups excluding carboxylic acids is 1. The van der Waals surface area contributed by atoms with E-state index in [-0.39, 0.29) is 32.2 Å². The van der Waals surface area contributed by atoms with Crippen LogP contribution in [0.5, 0.6) is 0 Å². The number of aliphatic hydroxyl groups is 2. The smallest absolute Gasteiger partial charge is 0.326 e. The summed E-state index contributed by atoms with van der Waals surface area (Å²) < 4.78 is 5.35. The number of urea groups is 1. The monoisotopic (exact) mass is 288 g/mol. The number of carbonyl (C=O) groups is 2. The van der Waals surface area contributed by atoms with E-state index in [0.29, 0.717) is 6.61 Å². The normalized spacial score (nSPS) is 34.4. The first kappa shape index (κ1) is 15.0. The summed E-state index contributed by atoms with van der Waals surface area (Å²) in [5.74, 6) is -1.12. The highest BCUT2D eigenvalue weighted by Gasteiger charge is 2.42. The van der Waals surface area contributed by atoms with Gasteiger partial charge in [-0.1, -0.05) is 0 Å². The van der Waals surface area contributed by atoms with E-state index in [9.17, 15) is 14.7 Å². The van der Waals surface area contributed by atoms with Crippen molar-refractivity contribution in [2.75, 3.05) is 26.3 Å². The molecule has 3 N–H and O–H groups in total. The SMILES string of the molecule is CC1COC(CO)CN1C(=O)N1CC(O)CC1C(=O)O. The lowest BCUT2D eigenvalue weighted by atomic mass is 10.2. The molecular weight excluding hydrogens is 268 g/mol. The van der Waals surface area contributed by atoms with Crippen molar-refractivity contribution in [3.8, 4) is 0 Å². The van der Waals surface area contributed by atoms with Crippen LogP contribution in [0.25, 0.3) is 0 Å². The number of ether oxygens (including phenoxy) is 1. The Labute approximate surface area is 116 Å². The molecule has 2 heterocycles. The Kier molecular flexibility index (Phi) is 4.46. The molecular formula is C12H20N2O6. The van der Waals surface area contributed by atoms with Crippen molar-refractivity contribution in [1.29, 1.82) is 0 Å². The van der Waals surface area contributed by atoms with Crippen LogP contribution in [0.3, 0.4) is 0 Å². The van der Waals surface area contributed by atoms with Gasteiger partial charge in [0.05, 0.1) is 38.0 Å². The fourth-order valence-electron chi connectivity index (χ4n) is 2.62. The molecule has 20 heavy (non-hydrogen) atoms. The molecule has 0 radical (unpaired) electrons. The first-order valence-corrected chi connectivity index (χ1v) is 6.64. The van der Waals surface area contributed by atoms with Crippen LogP contribution in [0, 0.1) is 0 Å². The Bertz CT molecular complexity index is 390. The highest BCUT2D eigenvalue weighted by molar-refractivity contribution is 5.83. The molecule has 8 heteroatoms. The van der Waals surface area contributed by atoms with E-state index in [0.717, 1.165) is 0 Å². The Morgan fingerprint density at radius 3 is 2.60 bits per heavy atom. The lowest BCUT2D eigenvalue weighted by Gasteiger charge is -2.40. The number of likely N-dealkylation sites (tertiary alicyclic amines) is 1. The van der Waals surface area contributed by atoms with Gasteiger partial charge in [0.2, 0.25) is 0 Å². The van der Waals surface area contributed by atoms with Crippen LogP contribution in [0.2, 0.25) is 0 Å². The standard InChI is InChI=1S/C12H20N2O6/c1-7-6-20-9(5-15)4-13(7)12(19)14-3-8(16)2-10(14)11(17)18/h7-10,15-16H,2-6H2,1H3,(H,17,18). The van der Waals surface area contributed by atoms with Crippen LogP contribution < -0.4 is 0 Å². The second-order valence-corrected chi connectivity index (χ2v) is 5.32. The van der Waals surface area contributed by atoms with Crippen molar-refractivity contribution in [2.24, 2.45) is 0 Å². The molecule has 0 spiro atoms. The number of aliphatic carboxylic acids is 1. The number of hydrogen-bond acceptors (Lipinski definition) is 5. The maximum absolute atomic E-state index is 12.5. The summed E-state index contributed by atoms with van der Waals surface area (Å²) in [5.41, 5.74) is 0. The molecule has 2 amide bonds. The summed E-state index contributed by atoms with van der Waals surface area (Å²) in [5, 5.41) is 27.8. The maximum atomic E-state index is 12.5. The summed E-state index contributed by atoms with van der Waals surface area (Å²) in [6.45, 7) is 2.14. The Hall–Kier alpha value is -1.38. The van der Waals surface area contributed by atoms with Crippen molar-refractivity contribution >= 4 is 12.0 Å². The van der Waals surface area contributed by atoms with Gasteiger partial charge in [-0.25, -0.2) is 9.59 Å². The number of aliphatic hydroxyl groups excluding tert-OH is 2. The second kappa shape index (κ2) is 5.94. The number of amides is 2. The quantitative estimate of drug-likeness (QED) is 0.583. The van der Waals surface area contributed by atoms with Gasteiger partial charge in [-0.3, -0.25) is 0 Å². The predicted molar refractivity (Wildman–Crippen MR) is 67.1 cm³/mol. The van der Waals surface area contributed by atoms with Crippen LogP contribution in [0.1, 0.15) is 13.3 Å². The van der Waals surface area contributed by atoms with Crippen LogP contribution in [-0.2, 0) is 9.53 Å². The van der Waals surface area contributed by atoms with E-state index in [1.165, 1.54) is 9.80 Å². The average molecular weight is 288 g/mol. The molecule has 2 aliphatic heterocycles. The van der Waals surface area contributed by atoms with E-state index >= 15 is 0 Å². The molecule has 2 aliphatic rings. The van der Waals surface area contributed by atoms with Crippen molar-refractivity contribution in [1.82, 2.24) is 9.80 Å². The molecule has 0 saturated carbocycles. The molecule has 0 aromatic rings. The molecule has 2 fully saturated rings. The number of rotatable bonds is 2. The van der Waals surface area contributed by atoms with Crippen LogP contribution in [0.15, 0.2) is 0 Å². The lowest BCUT2D eigenvalue weighted by molar-refractivity contribution is -0.141. The van der Waals surface area contributed by atoms with Crippen molar-refractivity contribution in [3.05, 3.63) is 0 Å². The molecule has 8 nitrogen and oxygen atoms in total. The van der Waals surface area contributed by atoms with E-state index in [2.05, 4.69) is 0 Å². The molecule has 2 rings (SSSR count). The minimum absolute atomic E-state index is 0.0175. The third-order valence-electron chi connectivity index (χ3n) is 3.76. The molecule has 114 valence electrons. The van der Waals surface area contributed by atoms with Gasteiger partial charge < -0.3 is 29.9 Å². The fourth-order valence-corrected chi connectivity index (χ4v) is 2.62. The zero-order valence-corrected chi connectivity index (χ0v) is 11.3. The third kappa shape index (κ3) is 2.87. The van der Waals surface area contributed by atoms with E-state index < -0.39 is 30.3 Å². The Morgan fingerprint density at radius 1 is 1.30 bits per heavy atom. The van der Waals surface area contributed by atoms with Gasteiger partial charge in [-0.05, 0) is 6.92 Å². The van der Waals surface area contributed by atoms with Crippen LogP contribution >= 0.6 is 0 Å². The van der Waals surface area contributed by atoms with Gasteiger partial charge in [0.25, 0.3) is 0 Å². The molecule has 0 aliphatic carbocycles. The molecule has 0 aromatic heterocycles. The van der Waals surface area contributed by atoms with E-state index in [4.69, 9.17) is 14.9 Å². The second-order valence-electron chi connectivity index (χ2n) is 5.32. The summed E-state index contributed by atoms with van der Waals surface area (Å²) in [6, 6.07) is -1.62. The summed E-state index contributed by atoms with van der Waals surface area (Å²) in [7, 11) is 0. The Morgan fingerprint density at radius 2 is 2.00 bits per heavy atom. The molecule has 2 saturated heterocycles. The van der Waals surface area contributed by atoms with Crippen molar-refractivity contribution in [2.45, 2.75) is 37.6 Å². The van der Waals surface area contributed by atoms with Gasteiger partial charge >= 0.3 is 12.0 Å². The largest absolute Gasteiger partial charge is 0.480 e. The topological polar surface area (TPSA) is 111 Å². The van der Waals surface area contributed by atoms with Gasteiger partial charge in [0, 0.05) is 13.0 Å². The van der Waals surface area contributed by atoms with Gasteiger partial charge in [0.1, 0.15) is 6.04 Å². The van der Waals surface area contributed by atoms with E-state index in [1.807, 2.05) is 0 Å². The fraction of sp³-hybridized carbons (Fsp3) is 0.833. The molecule has 4 atom stereocenters. The first-order valence-electron chi connectivity index (χ1n) is 6.64. The lowest BCUT2D eigenvalue weighted by Crippen LogP contribution is -2.57. The van der Waals surface area contributed by atoms with Crippen LogP contribution in [-0.4, -0.2) is 87.7 Å². The molecule has 0 aromatic carbocycles. The number of β-amino-alcohol motifs (C(OH)–C–C–N with tert-alkyl or cyclic N) is 1. The first-order chi connectivity index (χ1) is 9.43. The highest BCUT2D eigenvalue weighted by Crippen LogP contribution is 2.22. The van der Waals surface area contributed by atoms with E-state index in [1.54, 1.807) is 6.92 Å².